The molecule has 0 aromatic heterocycles. The highest BCUT2D eigenvalue weighted by molar-refractivity contribution is 7.79. The predicted octanol–water partition coefficient (Wildman–Crippen LogP) is 0.414. The van der Waals surface area contributed by atoms with Crippen molar-refractivity contribution in [2.75, 3.05) is 6.54 Å². The van der Waals surface area contributed by atoms with Gasteiger partial charge in [-0.25, -0.2) is 0 Å². The molecule has 1 fully saturated rings. The van der Waals surface area contributed by atoms with Gasteiger partial charge in [0.2, 0.25) is 11.8 Å². The fraction of sp³-hybridized carbons (Fsp3) is 0.286. The monoisotopic (exact) mass is 307 g/mol. The topological polar surface area (TPSA) is 104 Å². The Morgan fingerprint density at radius 2 is 2.10 bits per heavy atom. The van der Waals surface area contributed by atoms with Crippen LogP contribution in [0, 0.1) is 0 Å². The molecule has 2 N–H and O–H groups in total. The fourth-order valence-corrected chi connectivity index (χ4v) is 2.87. The number of carbonyl (C=O) groups excluding carboxylic acids is 2. The zero-order valence-electron chi connectivity index (χ0n) is 11.2. The van der Waals surface area contributed by atoms with Gasteiger partial charge >= 0.3 is 0 Å². The van der Waals surface area contributed by atoms with E-state index in [9.17, 15) is 18.4 Å². The third-order valence-electron chi connectivity index (χ3n) is 3.37. The van der Waals surface area contributed by atoms with Crippen LogP contribution in [0.3, 0.4) is 0 Å². The van der Waals surface area contributed by atoms with E-state index in [4.69, 9.17) is 5.73 Å². The molecule has 1 aromatic carbocycles. The van der Waals surface area contributed by atoms with Gasteiger partial charge < -0.3 is 15.2 Å². The molecule has 0 saturated carbocycles. The number of amides is 2. The van der Waals surface area contributed by atoms with Crippen molar-refractivity contribution < 1.29 is 18.4 Å². The van der Waals surface area contributed by atoms with Crippen LogP contribution < -0.4 is 5.73 Å². The van der Waals surface area contributed by atoms with E-state index < -0.39 is 23.0 Å². The van der Waals surface area contributed by atoms with E-state index in [0.29, 0.717) is 18.5 Å². The Balaban J connectivity index is 2.16. The highest BCUT2D eigenvalue weighted by Crippen LogP contribution is 2.18. The maximum absolute atomic E-state index is 12.1. The minimum Gasteiger partial charge on any atom is -0.768 e. The lowest BCUT2D eigenvalue weighted by Crippen LogP contribution is -2.43. The largest absolute Gasteiger partial charge is 0.768 e. The lowest BCUT2D eigenvalue weighted by Gasteiger charge is -2.20. The number of hydrogen-bond donors (Lipinski definition) is 1. The second-order valence-electron chi connectivity index (χ2n) is 4.70. The summed E-state index contributed by atoms with van der Waals surface area (Å²) in [6.07, 6.45) is 4.00. The molecule has 0 radical (unpaired) electrons. The maximum Gasteiger partial charge on any atom is 0.247 e. The zero-order valence-corrected chi connectivity index (χ0v) is 12.0. The van der Waals surface area contributed by atoms with Gasteiger partial charge in [0.25, 0.3) is 0 Å². The van der Waals surface area contributed by atoms with Gasteiger partial charge in [0, 0.05) is 17.5 Å². The summed E-state index contributed by atoms with van der Waals surface area (Å²) in [6.45, 7) is 0.478. The maximum atomic E-state index is 12.1. The molecule has 2 rings (SSSR count). The van der Waals surface area contributed by atoms with Crippen LogP contribution in [0.2, 0.25) is 0 Å². The van der Waals surface area contributed by atoms with E-state index in [0.717, 1.165) is 6.42 Å². The number of rotatable bonds is 4. The number of likely N-dealkylation sites (tertiary alicyclic amines) is 1. The molecule has 6 nitrogen and oxygen atoms in total. The number of nitrogens with two attached hydrogens (primary N) is 1. The van der Waals surface area contributed by atoms with E-state index in [2.05, 4.69) is 0 Å². The molecule has 1 heterocycles. The molecule has 21 heavy (non-hydrogen) atoms. The van der Waals surface area contributed by atoms with E-state index in [1.807, 2.05) is 0 Å². The van der Waals surface area contributed by atoms with Gasteiger partial charge in [-0.15, -0.1) is 0 Å². The number of hydrogen-bond acceptors (Lipinski definition) is 4. The van der Waals surface area contributed by atoms with E-state index in [-0.39, 0.29) is 10.8 Å². The summed E-state index contributed by atoms with van der Waals surface area (Å²) in [5, 5.41) is 0. The summed E-state index contributed by atoms with van der Waals surface area (Å²) in [5.74, 6) is -0.863. The second-order valence-corrected chi connectivity index (χ2v) is 5.61. The lowest BCUT2D eigenvalue weighted by molar-refractivity contribution is -0.133. The van der Waals surface area contributed by atoms with Crippen molar-refractivity contribution in [2.24, 2.45) is 5.73 Å². The minimum absolute atomic E-state index is 0.120. The molecule has 112 valence electrons. The number of benzene rings is 1. The van der Waals surface area contributed by atoms with Crippen molar-refractivity contribution in [3.05, 3.63) is 35.9 Å². The minimum atomic E-state index is -2.37. The standard InChI is InChI=1S/C14H16N2O4S/c15-14(18)11-5-3-9-16(11)13(17)8-7-10-4-1-2-6-12(10)21(19)20/h1-2,4,6-8,11H,3,5,9H2,(H2,15,18)(H,19,20)/p-1/b8-7+/t11-/m0/s1. The average molecular weight is 307 g/mol. The van der Waals surface area contributed by atoms with Gasteiger partial charge in [-0.2, -0.15) is 0 Å². The molecule has 0 aliphatic carbocycles. The van der Waals surface area contributed by atoms with Crippen molar-refractivity contribution >= 4 is 29.0 Å². The number of nitrogens with zero attached hydrogens (tertiary/aromatic N) is 1. The molecule has 1 aliphatic heterocycles. The molecular weight excluding hydrogens is 292 g/mol. The summed E-state index contributed by atoms with van der Waals surface area (Å²) in [7, 11) is 0. The zero-order chi connectivity index (χ0) is 15.4. The average Bonchev–Trinajstić information content (AvgIpc) is 2.94. The first-order valence-corrected chi connectivity index (χ1v) is 7.54. The van der Waals surface area contributed by atoms with Crippen LogP contribution >= 0.6 is 0 Å². The Morgan fingerprint density at radius 3 is 2.76 bits per heavy atom. The van der Waals surface area contributed by atoms with Gasteiger partial charge in [0.05, 0.1) is 0 Å². The SMILES string of the molecule is NC(=O)[C@@H]1CCCN1C(=O)/C=C/c1ccccc1S(=O)[O-]. The van der Waals surface area contributed by atoms with Crippen LogP contribution in [0.15, 0.2) is 35.2 Å². The highest BCUT2D eigenvalue weighted by atomic mass is 32.2. The molecule has 7 heteroatoms. The van der Waals surface area contributed by atoms with Gasteiger partial charge in [0.1, 0.15) is 6.04 Å². The van der Waals surface area contributed by atoms with Crippen LogP contribution in [0.4, 0.5) is 0 Å². The smallest absolute Gasteiger partial charge is 0.247 e. The third-order valence-corrected chi connectivity index (χ3v) is 4.10. The van der Waals surface area contributed by atoms with E-state index in [1.165, 1.54) is 23.1 Å². The van der Waals surface area contributed by atoms with Crippen LogP contribution in [0.1, 0.15) is 18.4 Å². The normalized spacial score (nSPS) is 19.9. The summed E-state index contributed by atoms with van der Waals surface area (Å²) >= 11 is -2.37. The first-order chi connectivity index (χ1) is 10.0. The molecule has 1 unspecified atom stereocenters. The number of primary amides is 1. The van der Waals surface area contributed by atoms with Gasteiger partial charge in [-0.05, 0) is 41.6 Å². The number of carbonyl (C=O) groups is 2. The van der Waals surface area contributed by atoms with E-state index >= 15 is 0 Å². The molecule has 0 bridgehead atoms. The molecule has 1 aromatic rings. The second kappa shape index (κ2) is 6.64. The summed E-state index contributed by atoms with van der Waals surface area (Å²) in [5.41, 5.74) is 5.68. The summed E-state index contributed by atoms with van der Waals surface area (Å²) < 4.78 is 22.1. The molecule has 1 aliphatic rings. The Hall–Kier alpha value is -1.99. The van der Waals surface area contributed by atoms with Crippen LogP contribution in [0.25, 0.3) is 6.08 Å². The van der Waals surface area contributed by atoms with Crippen LogP contribution in [-0.4, -0.2) is 38.1 Å². The Labute approximate surface area is 124 Å². The Morgan fingerprint density at radius 1 is 1.38 bits per heavy atom. The van der Waals surface area contributed by atoms with Crippen LogP contribution in [-0.2, 0) is 20.7 Å². The molecule has 2 amide bonds. The summed E-state index contributed by atoms with van der Waals surface area (Å²) in [6, 6.07) is 5.77. The van der Waals surface area contributed by atoms with Crippen LogP contribution in [0.5, 0.6) is 0 Å². The van der Waals surface area contributed by atoms with Crippen molar-refractivity contribution in [1.29, 1.82) is 0 Å². The molecular formula is C14H15N2O4S-. The van der Waals surface area contributed by atoms with Crippen molar-refractivity contribution in [3.8, 4) is 0 Å². The van der Waals surface area contributed by atoms with Crippen molar-refractivity contribution in [2.45, 2.75) is 23.8 Å². The summed E-state index contributed by atoms with van der Waals surface area (Å²) in [4.78, 5) is 24.9. The Bertz CT molecular complexity index is 615. The third kappa shape index (κ3) is 3.56. The highest BCUT2D eigenvalue weighted by Gasteiger charge is 2.31. The Kier molecular flexibility index (Phi) is 4.87. The fourth-order valence-electron chi connectivity index (χ4n) is 2.35. The molecule has 1 saturated heterocycles. The van der Waals surface area contributed by atoms with Gasteiger partial charge in [-0.1, -0.05) is 18.2 Å². The lowest BCUT2D eigenvalue weighted by atomic mass is 10.2. The predicted molar refractivity (Wildman–Crippen MR) is 76.6 cm³/mol. The first-order valence-electron chi connectivity index (χ1n) is 6.47. The quantitative estimate of drug-likeness (QED) is 0.642. The van der Waals surface area contributed by atoms with E-state index in [1.54, 1.807) is 18.2 Å². The van der Waals surface area contributed by atoms with Crippen molar-refractivity contribution in [3.63, 3.8) is 0 Å². The molecule has 0 spiro atoms. The van der Waals surface area contributed by atoms with Gasteiger partial charge in [0.15, 0.2) is 0 Å². The molecule has 2 atom stereocenters. The van der Waals surface area contributed by atoms with Crippen molar-refractivity contribution in [1.82, 2.24) is 4.90 Å². The van der Waals surface area contributed by atoms with Gasteiger partial charge in [-0.3, -0.25) is 13.8 Å². The first kappa shape index (κ1) is 15.4.